The van der Waals surface area contributed by atoms with Crippen LogP contribution in [-0.4, -0.2) is 41.3 Å². The smallest absolute Gasteiger partial charge is 0.205 e. The van der Waals surface area contributed by atoms with Crippen LogP contribution in [0, 0.1) is 5.41 Å². The molecule has 3 aromatic rings. The third kappa shape index (κ3) is 2.21. The summed E-state index contributed by atoms with van der Waals surface area (Å²) in [6.45, 7) is 0.163. The van der Waals surface area contributed by atoms with Gasteiger partial charge in [0.1, 0.15) is 18.1 Å². The van der Waals surface area contributed by atoms with Gasteiger partial charge in [0.2, 0.25) is 5.82 Å². The molecule has 3 rings (SSSR count). The van der Waals surface area contributed by atoms with Crippen molar-refractivity contribution in [3.05, 3.63) is 35.9 Å². The molecular formula is C10H9N9O. The second-order valence-corrected chi connectivity index (χ2v) is 3.85. The molecule has 0 bridgehead atoms. The molecule has 0 spiro atoms. The van der Waals surface area contributed by atoms with E-state index in [4.69, 9.17) is 11.1 Å². The first kappa shape index (κ1) is 11.9. The van der Waals surface area contributed by atoms with Gasteiger partial charge in [0.15, 0.2) is 5.69 Å². The minimum Gasteiger partial charge on any atom is -0.382 e. The van der Waals surface area contributed by atoms with Gasteiger partial charge >= 0.3 is 0 Å². The molecule has 10 heteroatoms. The summed E-state index contributed by atoms with van der Waals surface area (Å²) in [4.78, 5) is 5.24. The maximum Gasteiger partial charge on any atom is 0.205 e. The van der Waals surface area contributed by atoms with Crippen molar-refractivity contribution in [2.75, 3.05) is 0 Å². The van der Waals surface area contributed by atoms with Gasteiger partial charge in [-0.3, -0.25) is 10.4 Å². The fourth-order valence-corrected chi connectivity index (χ4v) is 1.58. The fraction of sp³-hybridized carbons (Fsp3) is 0.100. The SMILES string of the molecule is N=C(N)c1nonc1Cn1nnc(-c2ccncc2)n1. The van der Waals surface area contributed by atoms with Crippen molar-refractivity contribution in [2.45, 2.75) is 6.54 Å². The standard InChI is InChI=1S/C10H9N9O/c11-9(12)8-7(16-20-17-8)5-19-15-10(14-18-19)6-1-3-13-4-2-6/h1-4H,5H2,(H3,11,12). The Labute approximate surface area is 112 Å². The Kier molecular flexibility index (Phi) is 2.88. The van der Waals surface area contributed by atoms with Crippen molar-refractivity contribution < 1.29 is 4.63 Å². The van der Waals surface area contributed by atoms with E-state index in [9.17, 15) is 0 Å². The Morgan fingerprint density at radius 1 is 1.30 bits per heavy atom. The molecule has 3 N–H and O–H groups in total. The number of hydrogen-bond acceptors (Lipinski definition) is 8. The van der Waals surface area contributed by atoms with E-state index in [1.165, 1.54) is 4.80 Å². The second-order valence-electron chi connectivity index (χ2n) is 3.85. The number of tetrazole rings is 1. The Morgan fingerprint density at radius 3 is 2.85 bits per heavy atom. The van der Waals surface area contributed by atoms with E-state index in [1.54, 1.807) is 24.5 Å². The lowest BCUT2D eigenvalue weighted by atomic mass is 10.3. The number of nitrogens with zero attached hydrogens (tertiary/aromatic N) is 7. The zero-order valence-corrected chi connectivity index (χ0v) is 10.1. The monoisotopic (exact) mass is 271 g/mol. The van der Waals surface area contributed by atoms with Crippen LogP contribution in [0.3, 0.4) is 0 Å². The summed E-state index contributed by atoms with van der Waals surface area (Å²) in [5.41, 5.74) is 6.70. The molecule has 20 heavy (non-hydrogen) atoms. The molecule has 0 fully saturated rings. The molecule has 100 valence electrons. The van der Waals surface area contributed by atoms with Crippen LogP contribution in [0.2, 0.25) is 0 Å². The molecule has 0 atom stereocenters. The summed E-state index contributed by atoms with van der Waals surface area (Å²) in [7, 11) is 0. The van der Waals surface area contributed by atoms with E-state index >= 15 is 0 Å². The predicted octanol–water partition coefficient (Wildman–Crippen LogP) is -0.550. The Hall–Kier alpha value is -3.17. The second kappa shape index (κ2) is 4.84. The Balaban J connectivity index is 1.84. The summed E-state index contributed by atoms with van der Waals surface area (Å²) in [5, 5.41) is 26.6. The molecule has 3 heterocycles. The zero-order valence-electron chi connectivity index (χ0n) is 10.1. The molecule has 0 aliphatic carbocycles. The van der Waals surface area contributed by atoms with Gasteiger partial charge in [-0.1, -0.05) is 5.16 Å². The third-order valence-corrected chi connectivity index (χ3v) is 2.49. The van der Waals surface area contributed by atoms with Gasteiger partial charge in [-0.2, -0.15) is 4.80 Å². The Bertz CT molecular complexity index is 732. The highest BCUT2D eigenvalue weighted by atomic mass is 16.6. The van der Waals surface area contributed by atoms with Crippen molar-refractivity contribution in [3.63, 3.8) is 0 Å². The molecule has 0 saturated carbocycles. The summed E-state index contributed by atoms with van der Waals surface area (Å²) in [6, 6.07) is 3.56. The first-order chi connectivity index (χ1) is 9.74. The number of aromatic nitrogens is 7. The third-order valence-electron chi connectivity index (χ3n) is 2.49. The van der Waals surface area contributed by atoms with Crippen LogP contribution in [0.5, 0.6) is 0 Å². The molecule has 0 aliphatic rings. The number of pyridine rings is 1. The van der Waals surface area contributed by atoms with Gasteiger partial charge in [-0.15, -0.1) is 10.2 Å². The molecule has 3 aromatic heterocycles. The fourth-order valence-electron chi connectivity index (χ4n) is 1.58. The lowest BCUT2D eigenvalue weighted by Crippen LogP contribution is -2.16. The topological polar surface area (TPSA) is 145 Å². The first-order valence-corrected chi connectivity index (χ1v) is 5.58. The van der Waals surface area contributed by atoms with E-state index in [0.29, 0.717) is 11.5 Å². The summed E-state index contributed by atoms with van der Waals surface area (Å²) in [5.74, 6) is 0.240. The van der Waals surface area contributed by atoms with Crippen LogP contribution in [0.1, 0.15) is 11.4 Å². The summed E-state index contributed by atoms with van der Waals surface area (Å²) < 4.78 is 4.55. The van der Waals surface area contributed by atoms with Crippen molar-refractivity contribution in [1.29, 1.82) is 5.41 Å². The van der Waals surface area contributed by atoms with Gasteiger partial charge in [-0.25, -0.2) is 4.63 Å². The minimum atomic E-state index is -0.226. The quantitative estimate of drug-likeness (QED) is 0.474. The number of nitrogens with one attached hydrogen (secondary N) is 1. The lowest BCUT2D eigenvalue weighted by molar-refractivity contribution is 0.301. The number of nitrogen functional groups attached to an aromatic ring is 1. The largest absolute Gasteiger partial charge is 0.382 e. The number of hydrogen-bond donors (Lipinski definition) is 2. The van der Waals surface area contributed by atoms with Crippen molar-refractivity contribution in [1.82, 2.24) is 35.5 Å². The van der Waals surface area contributed by atoms with Crippen LogP contribution >= 0.6 is 0 Å². The number of rotatable bonds is 4. The molecule has 0 aliphatic heterocycles. The average molecular weight is 271 g/mol. The normalized spacial score (nSPS) is 10.6. The summed E-state index contributed by atoms with van der Waals surface area (Å²) >= 11 is 0. The molecule has 0 radical (unpaired) electrons. The van der Waals surface area contributed by atoms with Crippen LogP contribution in [0.15, 0.2) is 29.2 Å². The maximum atomic E-state index is 7.34. The van der Waals surface area contributed by atoms with Crippen LogP contribution in [0.25, 0.3) is 11.4 Å². The Morgan fingerprint density at radius 2 is 2.10 bits per heavy atom. The van der Waals surface area contributed by atoms with Gasteiger partial charge < -0.3 is 5.73 Å². The highest BCUT2D eigenvalue weighted by Gasteiger charge is 2.15. The van der Waals surface area contributed by atoms with Crippen molar-refractivity contribution >= 4 is 5.84 Å². The van der Waals surface area contributed by atoms with E-state index in [-0.39, 0.29) is 18.1 Å². The number of amidine groups is 1. The van der Waals surface area contributed by atoms with Crippen molar-refractivity contribution in [3.8, 4) is 11.4 Å². The van der Waals surface area contributed by atoms with Gasteiger partial charge in [0, 0.05) is 18.0 Å². The number of nitrogens with two attached hydrogens (primary N) is 1. The molecule has 0 saturated heterocycles. The van der Waals surface area contributed by atoms with Gasteiger partial charge in [0.25, 0.3) is 0 Å². The molecule has 0 aromatic carbocycles. The van der Waals surface area contributed by atoms with E-state index in [0.717, 1.165) is 5.56 Å². The minimum absolute atomic E-state index is 0.163. The molecular weight excluding hydrogens is 262 g/mol. The zero-order chi connectivity index (χ0) is 13.9. The van der Waals surface area contributed by atoms with E-state index in [1.807, 2.05) is 0 Å². The maximum absolute atomic E-state index is 7.34. The van der Waals surface area contributed by atoms with E-state index in [2.05, 4.69) is 35.3 Å². The highest BCUT2D eigenvalue weighted by Crippen LogP contribution is 2.11. The van der Waals surface area contributed by atoms with Crippen LogP contribution in [-0.2, 0) is 6.54 Å². The van der Waals surface area contributed by atoms with Gasteiger partial charge in [-0.05, 0) is 22.5 Å². The highest BCUT2D eigenvalue weighted by molar-refractivity contribution is 5.93. The van der Waals surface area contributed by atoms with E-state index < -0.39 is 0 Å². The first-order valence-electron chi connectivity index (χ1n) is 5.58. The van der Waals surface area contributed by atoms with Gasteiger partial charge in [0.05, 0.1) is 0 Å². The molecule has 0 unspecified atom stereocenters. The lowest BCUT2D eigenvalue weighted by Gasteiger charge is -1.96. The predicted molar refractivity (Wildman–Crippen MR) is 65.5 cm³/mol. The van der Waals surface area contributed by atoms with Crippen molar-refractivity contribution in [2.24, 2.45) is 5.73 Å². The summed E-state index contributed by atoms with van der Waals surface area (Å²) in [6.07, 6.45) is 3.29. The van der Waals surface area contributed by atoms with Crippen LogP contribution in [0.4, 0.5) is 0 Å². The molecule has 10 nitrogen and oxygen atoms in total. The average Bonchev–Trinajstić information content (AvgIpc) is 3.09. The van der Waals surface area contributed by atoms with Crippen LogP contribution < -0.4 is 5.73 Å². The molecule has 0 amide bonds.